The molecule has 0 aliphatic carbocycles. The summed E-state index contributed by atoms with van der Waals surface area (Å²) in [5.41, 5.74) is 0. The van der Waals surface area contributed by atoms with Gasteiger partial charge >= 0.3 is 0 Å². The number of rotatable bonds is 5. The molecule has 1 aliphatic heterocycles. The van der Waals surface area contributed by atoms with Crippen molar-refractivity contribution in [2.75, 3.05) is 20.3 Å². The first-order chi connectivity index (χ1) is 7.54. The number of carbonyl (C=O) groups excluding carboxylic acids is 1. The molecule has 0 saturated carbocycles. The smallest absolute Gasteiger partial charge is 0.249 e. The maximum Gasteiger partial charge on any atom is 0.249 e. The first kappa shape index (κ1) is 13.0. The summed E-state index contributed by atoms with van der Waals surface area (Å²) < 4.78 is 5.04. The Kier molecular flexibility index (Phi) is 4.73. The third-order valence-electron chi connectivity index (χ3n) is 2.43. The van der Waals surface area contributed by atoms with Gasteiger partial charge in [-0.15, -0.1) is 0 Å². The molecule has 0 spiro atoms. The zero-order valence-corrected chi connectivity index (χ0v) is 10.4. The van der Waals surface area contributed by atoms with Crippen LogP contribution in [-0.2, 0) is 9.53 Å². The highest BCUT2D eigenvalue weighted by molar-refractivity contribution is 6.06. The van der Waals surface area contributed by atoms with E-state index >= 15 is 0 Å². The molecule has 5 nitrogen and oxygen atoms in total. The van der Waals surface area contributed by atoms with Crippen LogP contribution in [0.15, 0.2) is 4.99 Å². The molecule has 2 atom stereocenters. The molecule has 0 aromatic heterocycles. The molecule has 1 amide bonds. The molecule has 5 heteroatoms. The summed E-state index contributed by atoms with van der Waals surface area (Å²) in [5, 5.41) is 5.83. The average molecular weight is 227 g/mol. The second-order valence-corrected chi connectivity index (χ2v) is 4.63. The van der Waals surface area contributed by atoms with E-state index in [1.165, 1.54) is 0 Å². The van der Waals surface area contributed by atoms with E-state index in [1.54, 1.807) is 7.11 Å². The lowest BCUT2D eigenvalue weighted by Crippen LogP contribution is -2.37. The van der Waals surface area contributed by atoms with Crippen molar-refractivity contribution in [3.63, 3.8) is 0 Å². The van der Waals surface area contributed by atoms with E-state index in [9.17, 15) is 4.79 Å². The molecule has 92 valence electrons. The fourth-order valence-corrected chi connectivity index (χ4v) is 1.56. The monoisotopic (exact) mass is 227 g/mol. The van der Waals surface area contributed by atoms with Crippen molar-refractivity contribution in [1.82, 2.24) is 10.6 Å². The Morgan fingerprint density at radius 2 is 2.12 bits per heavy atom. The topological polar surface area (TPSA) is 62.7 Å². The molecule has 0 aromatic rings. The minimum Gasteiger partial charge on any atom is -0.384 e. The van der Waals surface area contributed by atoms with Crippen molar-refractivity contribution in [3.05, 3.63) is 0 Å². The quantitative estimate of drug-likeness (QED) is 0.713. The van der Waals surface area contributed by atoms with E-state index in [4.69, 9.17) is 4.74 Å². The van der Waals surface area contributed by atoms with E-state index in [-0.39, 0.29) is 17.9 Å². The number of guanidine groups is 1. The standard InChI is InChI=1S/C11H21N3O2/c1-7(2)5-12-11-13-9(10(15)14-11)8(3)6-16-4/h7-9H,5-6H2,1-4H3,(H2,12,13,14,15). The van der Waals surface area contributed by atoms with Crippen LogP contribution in [0.1, 0.15) is 20.8 Å². The Morgan fingerprint density at radius 3 is 2.69 bits per heavy atom. The SMILES string of the molecule is COCC(C)C1NC(=NCC(C)C)NC1=O. The number of amides is 1. The van der Waals surface area contributed by atoms with Crippen LogP contribution >= 0.6 is 0 Å². The highest BCUT2D eigenvalue weighted by Crippen LogP contribution is 2.07. The lowest BCUT2D eigenvalue weighted by molar-refractivity contribution is -0.121. The van der Waals surface area contributed by atoms with Crippen LogP contribution in [0.5, 0.6) is 0 Å². The fraction of sp³-hybridized carbons (Fsp3) is 0.818. The third kappa shape index (κ3) is 3.48. The molecular weight excluding hydrogens is 206 g/mol. The number of carbonyl (C=O) groups is 1. The van der Waals surface area contributed by atoms with Crippen LogP contribution in [0.25, 0.3) is 0 Å². The number of nitrogens with zero attached hydrogens (tertiary/aromatic N) is 1. The Labute approximate surface area is 96.7 Å². The molecule has 0 radical (unpaired) electrons. The normalized spacial score (nSPS) is 24.7. The molecule has 2 N–H and O–H groups in total. The van der Waals surface area contributed by atoms with Crippen LogP contribution in [0.4, 0.5) is 0 Å². The molecule has 1 fully saturated rings. The van der Waals surface area contributed by atoms with Gasteiger partial charge in [0.25, 0.3) is 0 Å². The number of ether oxygens (including phenoxy) is 1. The van der Waals surface area contributed by atoms with Gasteiger partial charge in [-0.05, 0) is 5.92 Å². The van der Waals surface area contributed by atoms with Crippen LogP contribution in [0, 0.1) is 11.8 Å². The van der Waals surface area contributed by atoms with Crippen molar-refractivity contribution in [2.24, 2.45) is 16.8 Å². The third-order valence-corrected chi connectivity index (χ3v) is 2.43. The van der Waals surface area contributed by atoms with Crippen LogP contribution in [0.2, 0.25) is 0 Å². The van der Waals surface area contributed by atoms with Gasteiger partial charge in [-0.25, -0.2) is 0 Å². The Hall–Kier alpha value is -1.10. The van der Waals surface area contributed by atoms with E-state index in [2.05, 4.69) is 29.5 Å². The van der Waals surface area contributed by atoms with Crippen molar-refractivity contribution in [1.29, 1.82) is 0 Å². The second-order valence-electron chi connectivity index (χ2n) is 4.63. The molecule has 0 aromatic carbocycles. The minimum absolute atomic E-state index is 0.0212. The fourth-order valence-electron chi connectivity index (χ4n) is 1.56. The largest absolute Gasteiger partial charge is 0.384 e. The summed E-state index contributed by atoms with van der Waals surface area (Å²) >= 11 is 0. The summed E-state index contributed by atoms with van der Waals surface area (Å²) in [6, 6.07) is -0.231. The van der Waals surface area contributed by atoms with Crippen molar-refractivity contribution >= 4 is 11.9 Å². The van der Waals surface area contributed by atoms with Crippen molar-refractivity contribution in [3.8, 4) is 0 Å². The van der Waals surface area contributed by atoms with E-state index in [0.29, 0.717) is 25.0 Å². The Balaban J connectivity index is 2.53. The minimum atomic E-state index is -0.231. The van der Waals surface area contributed by atoms with Crippen molar-refractivity contribution < 1.29 is 9.53 Å². The molecule has 1 heterocycles. The van der Waals surface area contributed by atoms with Crippen LogP contribution < -0.4 is 10.6 Å². The number of nitrogens with one attached hydrogen (secondary N) is 2. The highest BCUT2D eigenvalue weighted by Gasteiger charge is 2.32. The molecule has 1 aliphatic rings. The summed E-state index contributed by atoms with van der Waals surface area (Å²) in [7, 11) is 1.64. The molecule has 16 heavy (non-hydrogen) atoms. The average Bonchev–Trinajstić information content (AvgIpc) is 2.57. The highest BCUT2D eigenvalue weighted by atomic mass is 16.5. The summed E-state index contributed by atoms with van der Waals surface area (Å²) in [6.45, 7) is 7.43. The maximum atomic E-state index is 11.6. The van der Waals surface area contributed by atoms with E-state index in [0.717, 1.165) is 0 Å². The number of hydrogen-bond donors (Lipinski definition) is 2. The van der Waals surface area contributed by atoms with E-state index < -0.39 is 0 Å². The zero-order valence-electron chi connectivity index (χ0n) is 10.4. The molecular formula is C11H21N3O2. The van der Waals surface area contributed by atoms with Gasteiger partial charge in [-0.2, -0.15) is 0 Å². The zero-order chi connectivity index (χ0) is 12.1. The summed E-state index contributed by atoms with van der Waals surface area (Å²) in [6.07, 6.45) is 0. The second kappa shape index (κ2) is 5.84. The van der Waals surface area contributed by atoms with Gasteiger partial charge in [-0.3, -0.25) is 15.1 Å². The van der Waals surface area contributed by atoms with Gasteiger partial charge in [0.1, 0.15) is 6.04 Å². The van der Waals surface area contributed by atoms with Gasteiger partial charge < -0.3 is 10.1 Å². The van der Waals surface area contributed by atoms with Gasteiger partial charge in [-0.1, -0.05) is 20.8 Å². The van der Waals surface area contributed by atoms with Crippen LogP contribution in [-0.4, -0.2) is 38.2 Å². The molecule has 0 bridgehead atoms. The number of aliphatic imine (C=N–C) groups is 1. The summed E-state index contributed by atoms with van der Waals surface area (Å²) in [4.78, 5) is 15.9. The van der Waals surface area contributed by atoms with E-state index in [1.807, 2.05) is 6.92 Å². The number of hydrogen-bond acceptors (Lipinski definition) is 3. The predicted octanol–water partition coefficient (Wildman–Crippen LogP) is 0.369. The predicted molar refractivity (Wildman–Crippen MR) is 63.2 cm³/mol. The lowest BCUT2D eigenvalue weighted by Gasteiger charge is -2.15. The molecule has 2 unspecified atom stereocenters. The maximum absolute atomic E-state index is 11.6. The van der Waals surface area contributed by atoms with Crippen molar-refractivity contribution in [2.45, 2.75) is 26.8 Å². The Morgan fingerprint density at radius 1 is 1.44 bits per heavy atom. The van der Waals surface area contributed by atoms with Gasteiger partial charge in [0.05, 0.1) is 6.61 Å². The van der Waals surface area contributed by atoms with Gasteiger partial charge in [0, 0.05) is 19.6 Å². The lowest BCUT2D eigenvalue weighted by atomic mass is 10.0. The van der Waals surface area contributed by atoms with Gasteiger partial charge in [0.2, 0.25) is 5.91 Å². The molecule has 1 saturated heterocycles. The first-order valence-electron chi connectivity index (χ1n) is 5.65. The van der Waals surface area contributed by atoms with Gasteiger partial charge in [0.15, 0.2) is 5.96 Å². The molecule has 1 rings (SSSR count). The summed E-state index contributed by atoms with van der Waals surface area (Å²) in [5.74, 6) is 1.19. The number of methoxy groups -OCH3 is 1. The Bertz CT molecular complexity index is 276. The first-order valence-corrected chi connectivity index (χ1v) is 5.65. The van der Waals surface area contributed by atoms with Crippen LogP contribution in [0.3, 0.4) is 0 Å².